The van der Waals surface area contributed by atoms with Crippen LogP contribution in [0.1, 0.15) is 283 Å². The van der Waals surface area contributed by atoms with Crippen LogP contribution in [0.3, 0.4) is 0 Å². The molecule has 0 radical (unpaired) electrons. The highest BCUT2D eigenvalue weighted by Crippen LogP contribution is 2.29. The largest absolute Gasteiger partial charge is 0.423 e. The SMILES string of the molecule is CCCCCCCCCCCCCCCCCCc1ccc(-c2ccc(C(=O)Oc3ccc(C(=O)Oc4cccc(OC(=O)c5ccc(OC(=O)c6ccc(-c7ccc(CCCCCCCCCCCCCCCCCC)cc7)cc6)c(C)c5)c4)cc3C)cc2)cc1. The van der Waals surface area contributed by atoms with Crippen molar-refractivity contribution in [1.29, 1.82) is 0 Å². The van der Waals surface area contributed by atoms with Crippen molar-refractivity contribution in [2.45, 2.75) is 246 Å². The van der Waals surface area contributed by atoms with Gasteiger partial charge in [0.1, 0.15) is 23.0 Å². The van der Waals surface area contributed by atoms with Gasteiger partial charge in [-0.1, -0.05) is 285 Å². The number of hydrogen-bond donors (Lipinski definition) is 0. The number of hydrogen-bond acceptors (Lipinski definition) is 8. The molecule has 0 aliphatic rings. The van der Waals surface area contributed by atoms with Gasteiger partial charge in [-0.05, 0) is 157 Å². The number of rotatable bonds is 44. The van der Waals surface area contributed by atoms with Gasteiger partial charge in [-0.25, -0.2) is 19.2 Å². The van der Waals surface area contributed by atoms with Gasteiger partial charge in [-0.15, -0.1) is 0 Å². The molecule has 0 heterocycles. The van der Waals surface area contributed by atoms with E-state index in [0.29, 0.717) is 33.8 Å². The molecule has 8 nitrogen and oxygen atoms in total. The topological polar surface area (TPSA) is 105 Å². The van der Waals surface area contributed by atoms with Crippen LogP contribution in [0.25, 0.3) is 22.3 Å². The van der Waals surface area contributed by atoms with Crippen LogP contribution in [-0.2, 0) is 12.8 Å². The third-order valence-corrected chi connectivity index (χ3v) is 17.9. The van der Waals surface area contributed by atoms with E-state index in [1.807, 2.05) is 24.3 Å². The Morgan fingerprint density at radius 3 is 0.793 bits per heavy atom. The Bertz CT molecular complexity index is 3050. The minimum absolute atomic E-state index is 0.165. The lowest BCUT2D eigenvalue weighted by atomic mass is 9.99. The molecule has 0 unspecified atom stereocenters. The van der Waals surface area contributed by atoms with E-state index in [1.54, 1.807) is 80.6 Å². The fraction of sp³-hybridized carbons (Fsp3) is 0.452. The fourth-order valence-electron chi connectivity index (χ4n) is 12.1. The molecule has 7 rings (SSSR count). The summed E-state index contributed by atoms with van der Waals surface area (Å²) in [6.45, 7) is 8.07. The van der Waals surface area contributed by atoms with Gasteiger partial charge in [0.15, 0.2) is 0 Å². The molecule has 0 saturated heterocycles. The van der Waals surface area contributed by atoms with Gasteiger partial charge in [0.2, 0.25) is 0 Å². The molecule has 0 atom stereocenters. The van der Waals surface area contributed by atoms with Crippen molar-refractivity contribution < 1.29 is 38.1 Å². The van der Waals surface area contributed by atoms with Gasteiger partial charge in [0.25, 0.3) is 0 Å². The number of carbonyl (C=O) groups is 4. The summed E-state index contributed by atoms with van der Waals surface area (Å²) in [5, 5.41) is 0. The van der Waals surface area contributed by atoms with E-state index in [1.165, 1.54) is 235 Å². The fourth-order valence-corrected chi connectivity index (χ4v) is 12.1. The molecule has 8 heteroatoms. The molecular formula is C84H106O8. The van der Waals surface area contributed by atoms with Crippen LogP contribution < -0.4 is 18.9 Å². The zero-order valence-corrected chi connectivity index (χ0v) is 56.3. The first-order valence-corrected chi connectivity index (χ1v) is 35.7. The number of benzene rings is 7. The highest BCUT2D eigenvalue weighted by molar-refractivity contribution is 5.95. The van der Waals surface area contributed by atoms with Gasteiger partial charge in [0, 0.05) is 6.07 Å². The molecule has 92 heavy (non-hydrogen) atoms. The van der Waals surface area contributed by atoms with E-state index >= 15 is 0 Å². The molecule has 0 N–H and O–H groups in total. The third kappa shape index (κ3) is 26.2. The Hall–Kier alpha value is -7.58. The highest BCUT2D eigenvalue weighted by atomic mass is 16.6. The number of unbranched alkanes of at least 4 members (excludes halogenated alkanes) is 30. The third-order valence-electron chi connectivity index (χ3n) is 17.9. The van der Waals surface area contributed by atoms with Crippen LogP contribution >= 0.6 is 0 Å². The predicted molar refractivity (Wildman–Crippen MR) is 379 cm³/mol. The minimum Gasteiger partial charge on any atom is -0.423 e. The predicted octanol–water partition coefficient (Wildman–Crippen LogP) is 24.1. The van der Waals surface area contributed by atoms with Crippen LogP contribution in [0.2, 0.25) is 0 Å². The number of ether oxygens (including phenoxy) is 4. The number of carbonyl (C=O) groups excluding carboxylic acids is 4. The average molecular weight is 1240 g/mol. The normalized spacial score (nSPS) is 11.2. The maximum absolute atomic E-state index is 13.3. The molecule has 0 fully saturated rings. The second kappa shape index (κ2) is 41.8. The zero-order valence-electron chi connectivity index (χ0n) is 56.3. The molecule has 7 aromatic rings. The Morgan fingerprint density at radius 1 is 0.261 bits per heavy atom. The van der Waals surface area contributed by atoms with Crippen molar-refractivity contribution >= 4 is 23.9 Å². The molecule has 0 bridgehead atoms. The van der Waals surface area contributed by atoms with E-state index in [2.05, 4.69) is 62.4 Å². The first kappa shape index (κ1) is 71.9. The molecule has 0 amide bonds. The summed E-state index contributed by atoms with van der Waals surface area (Å²) in [6.07, 6.45) is 46.1. The summed E-state index contributed by atoms with van der Waals surface area (Å²) in [7, 11) is 0. The van der Waals surface area contributed by atoms with E-state index < -0.39 is 23.9 Å². The van der Waals surface area contributed by atoms with Crippen LogP contribution in [0, 0.1) is 13.8 Å². The summed E-state index contributed by atoms with van der Waals surface area (Å²) < 4.78 is 22.9. The average Bonchev–Trinajstić information content (AvgIpc) is 3.00. The lowest BCUT2D eigenvalue weighted by Gasteiger charge is -2.11. The van der Waals surface area contributed by atoms with E-state index in [-0.39, 0.29) is 22.6 Å². The Morgan fingerprint density at radius 2 is 0.511 bits per heavy atom. The molecule has 0 aromatic heterocycles. The summed E-state index contributed by atoms with van der Waals surface area (Å²) >= 11 is 0. The molecular weight excluding hydrogens is 1140 g/mol. The summed E-state index contributed by atoms with van der Waals surface area (Å²) in [5.41, 5.74) is 9.38. The molecule has 7 aromatic carbocycles. The first-order valence-electron chi connectivity index (χ1n) is 35.7. The lowest BCUT2D eigenvalue weighted by Crippen LogP contribution is -2.12. The van der Waals surface area contributed by atoms with Crippen molar-refractivity contribution in [2.75, 3.05) is 0 Å². The van der Waals surface area contributed by atoms with Crippen LogP contribution in [0.5, 0.6) is 23.0 Å². The second-order valence-electron chi connectivity index (χ2n) is 25.6. The minimum atomic E-state index is -0.643. The smallest absolute Gasteiger partial charge is 0.343 e. The Kier molecular flexibility index (Phi) is 32.7. The highest BCUT2D eigenvalue weighted by Gasteiger charge is 2.18. The molecule has 490 valence electrons. The number of aryl methyl sites for hydroxylation is 4. The van der Waals surface area contributed by atoms with Gasteiger partial charge in [-0.2, -0.15) is 0 Å². The summed E-state index contributed by atoms with van der Waals surface area (Å²) in [4.78, 5) is 53.2. The van der Waals surface area contributed by atoms with Crippen LogP contribution in [-0.4, -0.2) is 23.9 Å². The summed E-state index contributed by atoms with van der Waals surface area (Å²) in [6, 6.07) is 47.9. The maximum Gasteiger partial charge on any atom is 0.343 e. The van der Waals surface area contributed by atoms with Crippen molar-refractivity contribution in [2.24, 2.45) is 0 Å². The molecule has 0 aliphatic heterocycles. The second-order valence-corrected chi connectivity index (χ2v) is 25.6. The van der Waals surface area contributed by atoms with Crippen LogP contribution in [0.15, 0.2) is 158 Å². The monoisotopic (exact) mass is 1240 g/mol. The van der Waals surface area contributed by atoms with Gasteiger partial charge < -0.3 is 18.9 Å². The molecule has 0 saturated carbocycles. The summed E-state index contributed by atoms with van der Waals surface area (Å²) in [5.74, 6) is -1.32. The molecule has 0 aliphatic carbocycles. The lowest BCUT2D eigenvalue weighted by molar-refractivity contribution is 0.0722. The maximum atomic E-state index is 13.3. The quantitative estimate of drug-likeness (QED) is 0.0211. The van der Waals surface area contributed by atoms with E-state index in [4.69, 9.17) is 18.9 Å². The van der Waals surface area contributed by atoms with E-state index in [0.717, 1.165) is 35.1 Å². The molecule has 0 spiro atoms. The number of esters is 4. The van der Waals surface area contributed by atoms with Crippen molar-refractivity contribution in [3.8, 4) is 45.3 Å². The van der Waals surface area contributed by atoms with Crippen molar-refractivity contribution in [3.05, 3.63) is 202 Å². The standard InChI is InChI=1S/C84H106O8/c1-5-7-9-11-13-15-17-19-21-23-25-27-29-31-33-35-38-67-42-46-69(47-43-67)71-50-54-73(55-51-71)81(85)91-79-60-58-75(62-65(79)3)83(87)89-77-40-37-41-78(64-77)90-84(88)76-59-61-80(66(4)63-76)92-82(86)74-56-52-72(53-57-74)70-48-44-68(45-49-70)39-36-34-32-30-28-26-24-22-20-18-16-14-12-10-8-6-2/h37,40-64H,5-36,38-39H2,1-4H3. The van der Waals surface area contributed by atoms with Crippen molar-refractivity contribution in [1.82, 2.24) is 0 Å². The Balaban J connectivity index is 0.762. The Labute approximate surface area is 552 Å². The van der Waals surface area contributed by atoms with Gasteiger partial charge >= 0.3 is 23.9 Å². The van der Waals surface area contributed by atoms with Gasteiger partial charge in [0.05, 0.1) is 22.3 Å². The van der Waals surface area contributed by atoms with Crippen molar-refractivity contribution in [3.63, 3.8) is 0 Å². The first-order chi connectivity index (χ1) is 45.1. The van der Waals surface area contributed by atoms with E-state index in [9.17, 15) is 19.2 Å². The van der Waals surface area contributed by atoms with Crippen LogP contribution in [0.4, 0.5) is 0 Å². The van der Waals surface area contributed by atoms with Gasteiger partial charge in [-0.3, -0.25) is 0 Å². The zero-order chi connectivity index (χ0) is 64.8.